The Morgan fingerprint density at radius 1 is 1.24 bits per heavy atom. The molecule has 4 fully saturated rings. The van der Waals surface area contributed by atoms with Crippen LogP contribution in [0.5, 0.6) is 0 Å². The summed E-state index contributed by atoms with van der Waals surface area (Å²) in [4.78, 5) is 12.5. The minimum absolute atomic E-state index is 0.0395. The predicted molar refractivity (Wildman–Crippen MR) is 96.2 cm³/mol. The van der Waals surface area contributed by atoms with Gasteiger partial charge in [0.25, 0.3) is 0 Å². The second-order valence-corrected chi connectivity index (χ2v) is 10.7. The van der Waals surface area contributed by atoms with Crippen LogP contribution in [0.25, 0.3) is 0 Å². The number of carboxylic acids is 1. The molecule has 138 valence electrons. The van der Waals surface area contributed by atoms with E-state index in [1.165, 1.54) is 6.42 Å². The zero-order valence-electron chi connectivity index (χ0n) is 15.1. The van der Waals surface area contributed by atoms with E-state index in [0.29, 0.717) is 18.3 Å². The summed E-state index contributed by atoms with van der Waals surface area (Å²) < 4.78 is 0. The summed E-state index contributed by atoms with van der Waals surface area (Å²) in [6.07, 6.45) is 10.2. The van der Waals surface area contributed by atoms with E-state index >= 15 is 0 Å². The molecule has 25 heavy (non-hydrogen) atoms. The number of allylic oxidation sites excluding steroid dienone is 1. The maximum Gasteiger partial charge on any atom is 0.307 e. The second-order valence-electron chi connectivity index (χ2n) is 10.2. The highest BCUT2D eigenvalue weighted by Gasteiger charge is 2.77. The van der Waals surface area contributed by atoms with Crippen molar-refractivity contribution in [3.8, 4) is 0 Å². The van der Waals surface area contributed by atoms with Gasteiger partial charge in [-0.25, -0.2) is 0 Å². The van der Waals surface area contributed by atoms with Crippen LogP contribution < -0.4 is 0 Å². The fourth-order valence-corrected chi connectivity index (χ4v) is 8.79. The van der Waals surface area contributed by atoms with Crippen molar-refractivity contribution in [2.24, 2.45) is 46.3 Å². The maximum absolute atomic E-state index is 12.5. The molecule has 10 atom stereocenters. The molecule has 2 N–H and O–H groups in total. The molecule has 5 rings (SSSR count). The average Bonchev–Trinajstić information content (AvgIpc) is 2.99. The van der Waals surface area contributed by atoms with Gasteiger partial charge in [-0.05, 0) is 85.9 Å². The molecule has 2 bridgehead atoms. The highest BCUT2D eigenvalue weighted by atomic mass is 35.5. The van der Waals surface area contributed by atoms with Crippen molar-refractivity contribution in [1.82, 2.24) is 0 Å². The van der Waals surface area contributed by atoms with Crippen molar-refractivity contribution >= 4 is 17.6 Å². The average molecular weight is 365 g/mol. The molecule has 0 amide bonds. The predicted octanol–water partition coefficient (Wildman–Crippen LogP) is 4.08. The number of rotatable bonds is 1. The largest absolute Gasteiger partial charge is 0.481 e. The maximum atomic E-state index is 12.5. The van der Waals surface area contributed by atoms with Crippen LogP contribution in [0.3, 0.4) is 0 Å². The van der Waals surface area contributed by atoms with Gasteiger partial charge in [0.1, 0.15) is 0 Å². The van der Waals surface area contributed by atoms with Crippen LogP contribution in [-0.2, 0) is 4.79 Å². The van der Waals surface area contributed by atoms with Gasteiger partial charge in [0.2, 0.25) is 0 Å². The van der Waals surface area contributed by atoms with Gasteiger partial charge in [-0.1, -0.05) is 19.1 Å². The van der Waals surface area contributed by atoms with Crippen LogP contribution >= 0.6 is 11.6 Å². The molecule has 5 aliphatic carbocycles. The van der Waals surface area contributed by atoms with Gasteiger partial charge < -0.3 is 10.2 Å². The topological polar surface area (TPSA) is 57.5 Å². The summed E-state index contributed by atoms with van der Waals surface area (Å²) in [5.41, 5.74) is -0.740. The van der Waals surface area contributed by atoms with E-state index in [9.17, 15) is 15.0 Å². The number of fused-ring (bicyclic) bond motifs is 4. The fraction of sp³-hybridized carbons (Fsp3) is 0.857. The SMILES string of the molecule is CC1C=CCC(C)(O)C2C1C(C(=O)O)C13CC(CCC21)[C@@]1(CC1Cl)C3. The second kappa shape index (κ2) is 4.84. The number of alkyl halides is 1. The van der Waals surface area contributed by atoms with E-state index in [4.69, 9.17) is 11.6 Å². The van der Waals surface area contributed by atoms with Gasteiger partial charge in [-0.15, -0.1) is 11.6 Å². The van der Waals surface area contributed by atoms with Crippen molar-refractivity contribution in [3.63, 3.8) is 0 Å². The fourth-order valence-electron chi connectivity index (χ4n) is 8.25. The Balaban J connectivity index is 1.66. The Bertz CT molecular complexity index is 658. The number of aliphatic hydroxyl groups is 1. The third-order valence-electron chi connectivity index (χ3n) is 9.10. The molecule has 0 aromatic carbocycles. The van der Waals surface area contributed by atoms with Crippen molar-refractivity contribution in [1.29, 1.82) is 0 Å². The van der Waals surface area contributed by atoms with Gasteiger partial charge in [0, 0.05) is 5.38 Å². The van der Waals surface area contributed by atoms with E-state index < -0.39 is 11.6 Å². The Kier molecular flexibility index (Phi) is 3.22. The number of halogens is 1. The molecular weight excluding hydrogens is 336 g/mol. The molecule has 0 heterocycles. The molecule has 0 saturated heterocycles. The van der Waals surface area contributed by atoms with E-state index in [1.807, 2.05) is 6.92 Å². The summed E-state index contributed by atoms with van der Waals surface area (Å²) in [5, 5.41) is 21.9. The molecule has 5 aliphatic rings. The van der Waals surface area contributed by atoms with Gasteiger partial charge >= 0.3 is 5.97 Å². The molecule has 4 saturated carbocycles. The van der Waals surface area contributed by atoms with Crippen molar-refractivity contribution < 1.29 is 15.0 Å². The lowest BCUT2D eigenvalue weighted by atomic mass is 9.62. The Morgan fingerprint density at radius 2 is 1.96 bits per heavy atom. The lowest BCUT2D eigenvalue weighted by Gasteiger charge is -2.43. The monoisotopic (exact) mass is 364 g/mol. The zero-order chi connectivity index (χ0) is 17.8. The molecule has 4 heteroatoms. The van der Waals surface area contributed by atoms with Crippen LogP contribution in [-0.4, -0.2) is 27.2 Å². The van der Waals surface area contributed by atoms with Gasteiger partial charge in [-0.3, -0.25) is 4.79 Å². The van der Waals surface area contributed by atoms with Gasteiger partial charge in [-0.2, -0.15) is 0 Å². The molecule has 0 aromatic rings. The minimum atomic E-state index is -0.805. The minimum Gasteiger partial charge on any atom is -0.481 e. The van der Waals surface area contributed by atoms with Gasteiger partial charge in [0.15, 0.2) is 0 Å². The van der Waals surface area contributed by atoms with Crippen molar-refractivity contribution in [2.45, 2.75) is 63.4 Å². The summed E-state index contributed by atoms with van der Waals surface area (Å²) >= 11 is 6.59. The number of carbonyl (C=O) groups is 1. The van der Waals surface area contributed by atoms with E-state index in [2.05, 4.69) is 19.1 Å². The van der Waals surface area contributed by atoms with Crippen molar-refractivity contribution in [2.75, 3.05) is 0 Å². The first-order valence-electron chi connectivity index (χ1n) is 9.99. The van der Waals surface area contributed by atoms with Crippen LogP contribution in [0.4, 0.5) is 0 Å². The zero-order valence-corrected chi connectivity index (χ0v) is 15.9. The van der Waals surface area contributed by atoms with Crippen LogP contribution in [0, 0.1) is 46.3 Å². The third kappa shape index (κ3) is 1.90. The van der Waals surface area contributed by atoms with Crippen LogP contribution in [0.1, 0.15) is 52.4 Å². The highest BCUT2D eigenvalue weighted by molar-refractivity contribution is 6.23. The van der Waals surface area contributed by atoms with E-state index in [-0.39, 0.29) is 39.9 Å². The summed E-state index contributed by atoms with van der Waals surface area (Å²) in [6, 6.07) is 0. The molecule has 9 unspecified atom stereocenters. The smallest absolute Gasteiger partial charge is 0.307 e. The standard InChI is InChI=1S/C21H29ClO3/c1-11-4-3-7-19(2,25)16-13-6-5-12-8-21(13,10-20(12)9-14(20)22)17(15(11)16)18(23)24/h3-4,11-17,25H,5-10H2,1-2H3,(H,23,24)/t11?,12?,13?,14?,15?,16?,17?,19?,20-,21?/m1/s1. The van der Waals surface area contributed by atoms with Crippen LogP contribution in [0.2, 0.25) is 0 Å². The number of hydrogen-bond donors (Lipinski definition) is 2. The summed E-state index contributed by atoms with van der Waals surface area (Å²) in [6.45, 7) is 4.10. The number of carboxylic acid groups (broad SMARTS) is 1. The molecule has 3 nitrogen and oxygen atoms in total. The first kappa shape index (κ1) is 16.6. The third-order valence-corrected chi connectivity index (χ3v) is 9.69. The molecule has 0 aliphatic heterocycles. The Morgan fingerprint density at radius 3 is 2.60 bits per heavy atom. The Hall–Kier alpha value is -0.540. The molecule has 2 spiro atoms. The Labute approximate surface area is 154 Å². The quantitative estimate of drug-likeness (QED) is 0.544. The molecular formula is C21H29ClO3. The highest BCUT2D eigenvalue weighted by Crippen LogP contribution is 2.80. The van der Waals surface area contributed by atoms with Crippen LogP contribution in [0.15, 0.2) is 12.2 Å². The first-order chi connectivity index (χ1) is 11.7. The summed E-state index contributed by atoms with van der Waals surface area (Å²) in [5.74, 6) is 0.293. The lowest BCUT2D eigenvalue weighted by molar-refractivity contribution is -0.149. The van der Waals surface area contributed by atoms with E-state index in [1.54, 1.807) is 0 Å². The first-order valence-corrected chi connectivity index (χ1v) is 10.4. The number of hydrogen-bond acceptors (Lipinski definition) is 2. The lowest BCUT2D eigenvalue weighted by Crippen LogP contribution is -2.43. The number of aliphatic carboxylic acids is 1. The molecule has 0 aromatic heterocycles. The molecule has 0 radical (unpaired) electrons. The van der Waals surface area contributed by atoms with E-state index in [0.717, 1.165) is 25.7 Å². The summed E-state index contributed by atoms with van der Waals surface area (Å²) in [7, 11) is 0. The normalized spacial score (nSPS) is 61.7. The van der Waals surface area contributed by atoms with Crippen molar-refractivity contribution in [3.05, 3.63) is 12.2 Å². The van der Waals surface area contributed by atoms with Gasteiger partial charge in [0.05, 0.1) is 11.5 Å².